The first kappa shape index (κ1) is 16.3. The molecule has 0 unspecified atom stereocenters. The Kier molecular flexibility index (Phi) is 4.62. The minimum atomic E-state index is -4.76. The minimum absolute atomic E-state index is 0.0313. The van der Waals surface area contributed by atoms with E-state index in [1.54, 1.807) is 13.8 Å². The van der Waals surface area contributed by atoms with Crippen LogP contribution in [0.25, 0.3) is 0 Å². The van der Waals surface area contributed by atoms with Crippen molar-refractivity contribution in [3.05, 3.63) is 29.6 Å². The normalized spacial score (nSPS) is 12.3. The second-order valence-corrected chi connectivity index (χ2v) is 5.04. The van der Waals surface area contributed by atoms with Crippen molar-refractivity contribution in [1.82, 2.24) is 0 Å². The van der Waals surface area contributed by atoms with Gasteiger partial charge in [0, 0.05) is 5.41 Å². The largest absolute Gasteiger partial charge is 0.494 e. The first-order valence-corrected chi connectivity index (χ1v) is 5.88. The number of rotatable bonds is 5. The molecule has 112 valence electrons. The van der Waals surface area contributed by atoms with Gasteiger partial charge in [0.15, 0.2) is 0 Å². The third kappa shape index (κ3) is 4.11. The van der Waals surface area contributed by atoms with E-state index in [2.05, 4.69) is 0 Å². The van der Waals surface area contributed by atoms with Gasteiger partial charge in [-0.3, -0.25) is 5.41 Å². The molecule has 1 aromatic carbocycles. The monoisotopic (exact) mass is 292 g/mol. The van der Waals surface area contributed by atoms with Crippen molar-refractivity contribution in [2.75, 3.05) is 6.61 Å². The highest BCUT2D eigenvalue weighted by Crippen LogP contribution is 2.33. The summed E-state index contributed by atoms with van der Waals surface area (Å²) in [4.78, 5) is 0. The van der Waals surface area contributed by atoms with Gasteiger partial charge in [0.2, 0.25) is 0 Å². The Bertz CT molecular complexity index is 498. The van der Waals surface area contributed by atoms with E-state index in [0.29, 0.717) is 18.6 Å². The number of nitrogens with two attached hydrogens (primary N) is 1. The van der Waals surface area contributed by atoms with Gasteiger partial charge in [-0.15, -0.1) is 0 Å². The molecule has 7 heteroatoms. The molecular weight excluding hydrogens is 276 g/mol. The van der Waals surface area contributed by atoms with E-state index in [1.165, 1.54) is 0 Å². The molecule has 1 aromatic rings. The van der Waals surface area contributed by atoms with Crippen LogP contribution < -0.4 is 10.5 Å². The van der Waals surface area contributed by atoms with Gasteiger partial charge in [-0.1, -0.05) is 13.8 Å². The molecule has 0 atom stereocenters. The SMILES string of the molecule is CC(C)(CCOc1ccc(F)c(C(F)(F)F)c1)C(=N)N. The summed E-state index contributed by atoms with van der Waals surface area (Å²) in [6.07, 6.45) is -4.40. The topological polar surface area (TPSA) is 59.1 Å². The molecule has 0 aromatic heterocycles. The van der Waals surface area contributed by atoms with Gasteiger partial charge >= 0.3 is 6.18 Å². The molecular formula is C13H16F4N2O. The van der Waals surface area contributed by atoms with E-state index in [4.69, 9.17) is 15.9 Å². The number of benzene rings is 1. The van der Waals surface area contributed by atoms with Gasteiger partial charge in [0.25, 0.3) is 0 Å². The maximum Gasteiger partial charge on any atom is 0.419 e. The second kappa shape index (κ2) is 5.68. The zero-order chi connectivity index (χ0) is 15.6. The summed E-state index contributed by atoms with van der Waals surface area (Å²) in [6.45, 7) is 3.53. The van der Waals surface area contributed by atoms with E-state index in [1.807, 2.05) is 0 Å². The lowest BCUT2D eigenvalue weighted by atomic mass is 9.88. The number of alkyl halides is 3. The Morgan fingerprint density at radius 3 is 2.40 bits per heavy atom. The highest BCUT2D eigenvalue weighted by Gasteiger charge is 2.34. The van der Waals surface area contributed by atoms with Gasteiger partial charge in [0.1, 0.15) is 11.6 Å². The van der Waals surface area contributed by atoms with Crippen LogP contribution >= 0.6 is 0 Å². The maximum absolute atomic E-state index is 13.1. The predicted molar refractivity (Wildman–Crippen MR) is 67.2 cm³/mol. The van der Waals surface area contributed by atoms with Crippen LogP contribution in [0.3, 0.4) is 0 Å². The molecule has 0 saturated heterocycles. The average Bonchev–Trinajstić information content (AvgIpc) is 2.29. The number of ether oxygens (including phenoxy) is 1. The fourth-order valence-electron chi connectivity index (χ4n) is 1.37. The van der Waals surface area contributed by atoms with E-state index in [-0.39, 0.29) is 18.2 Å². The third-order valence-corrected chi connectivity index (χ3v) is 2.97. The molecule has 0 bridgehead atoms. The summed E-state index contributed by atoms with van der Waals surface area (Å²) >= 11 is 0. The van der Waals surface area contributed by atoms with Crippen LogP contribution in [0.4, 0.5) is 17.6 Å². The Balaban J connectivity index is 2.73. The summed E-state index contributed by atoms with van der Waals surface area (Å²) in [7, 11) is 0. The Labute approximate surface area is 114 Å². The molecule has 0 heterocycles. The Morgan fingerprint density at radius 2 is 1.90 bits per heavy atom. The van der Waals surface area contributed by atoms with Crippen LogP contribution in [-0.2, 0) is 6.18 Å². The number of hydrogen-bond donors (Lipinski definition) is 2. The van der Waals surface area contributed by atoms with Crippen molar-refractivity contribution >= 4 is 5.84 Å². The number of halogens is 4. The van der Waals surface area contributed by atoms with E-state index >= 15 is 0 Å². The minimum Gasteiger partial charge on any atom is -0.494 e. The van der Waals surface area contributed by atoms with Crippen molar-refractivity contribution in [2.24, 2.45) is 11.1 Å². The zero-order valence-corrected chi connectivity index (χ0v) is 11.1. The summed E-state index contributed by atoms with van der Waals surface area (Å²) in [5.41, 5.74) is 3.42. The molecule has 0 saturated carbocycles. The van der Waals surface area contributed by atoms with Gasteiger partial charge in [0.05, 0.1) is 18.0 Å². The zero-order valence-electron chi connectivity index (χ0n) is 11.1. The smallest absolute Gasteiger partial charge is 0.419 e. The van der Waals surface area contributed by atoms with Gasteiger partial charge in [-0.05, 0) is 24.6 Å². The Morgan fingerprint density at radius 1 is 1.30 bits per heavy atom. The molecule has 0 aliphatic carbocycles. The van der Waals surface area contributed by atoms with Crippen molar-refractivity contribution in [3.8, 4) is 5.75 Å². The van der Waals surface area contributed by atoms with Crippen LogP contribution in [0.15, 0.2) is 18.2 Å². The molecule has 1 rings (SSSR count). The number of nitrogens with one attached hydrogen (secondary N) is 1. The fourth-order valence-corrected chi connectivity index (χ4v) is 1.37. The summed E-state index contributed by atoms with van der Waals surface area (Å²) in [5.74, 6) is -1.44. The van der Waals surface area contributed by atoms with Gasteiger partial charge in [-0.25, -0.2) is 4.39 Å². The van der Waals surface area contributed by atoms with Crippen LogP contribution in [0.1, 0.15) is 25.8 Å². The molecule has 0 fully saturated rings. The quantitative estimate of drug-likeness (QED) is 0.495. The van der Waals surface area contributed by atoms with Crippen molar-refractivity contribution in [1.29, 1.82) is 5.41 Å². The molecule has 0 aliphatic rings. The van der Waals surface area contributed by atoms with Crippen LogP contribution in [-0.4, -0.2) is 12.4 Å². The van der Waals surface area contributed by atoms with Crippen molar-refractivity contribution in [2.45, 2.75) is 26.4 Å². The summed E-state index contributed by atoms with van der Waals surface area (Å²) in [6, 6.07) is 2.47. The van der Waals surface area contributed by atoms with Crippen LogP contribution in [0.5, 0.6) is 5.75 Å². The summed E-state index contributed by atoms with van der Waals surface area (Å²) in [5, 5.41) is 7.35. The van der Waals surface area contributed by atoms with Crippen LogP contribution in [0.2, 0.25) is 0 Å². The molecule has 0 spiro atoms. The van der Waals surface area contributed by atoms with E-state index < -0.39 is 23.0 Å². The van der Waals surface area contributed by atoms with Crippen LogP contribution in [0, 0.1) is 16.6 Å². The van der Waals surface area contributed by atoms with Crippen molar-refractivity contribution < 1.29 is 22.3 Å². The lowest BCUT2D eigenvalue weighted by Crippen LogP contribution is -2.32. The lowest BCUT2D eigenvalue weighted by molar-refractivity contribution is -0.140. The lowest BCUT2D eigenvalue weighted by Gasteiger charge is -2.22. The van der Waals surface area contributed by atoms with E-state index in [9.17, 15) is 17.6 Å². The highest BCUT2D eigenvalue weighted by molar-refractivity contribution is 5.82. The van der Waals surface area contributed by atoms with Gasteiger partial charge in [-0.2, -0.15) is 13.2 Å². The van der Waals surface area contributed by atoms with Crippen molar-refractivity contribution in [3.63, 3.8) is 0 Å². The molecule has 3 nitrogen and oxygen atoms in total. The third-order valence-electron chi connectivity index (χ3n) is 2.97. The standard InChI is InChI=1S/C13H16F4N2O/c1-12(2,11(18)19)5-6-20-8-3-4-10(14)9(7-8)13(15,16)17/h3-4,7H,5-6H2,1-2H3,(H3,18,19). The predicted octanol–water partition coefficient (Wildman–Crippen LogP) is 3.58. The highest BCUT2D eigenvalue weighted by atomic mass is 19.4. The first-order valence-electron chi connectivity index (χ1n) is 5.88. The first-order chi connectivity index (χ1) is 9.04. The van der Waals surface area contributed by atoms with Gasteiger partial charge < -0.3 is 10.5 Å². The number of amidine groups is 1. The molecule has 0 radical (unpaired) electrons. The number of hydrogen-bond acceptors (Lipinski definition) is 2. The van der Waals surface area contributed by atoms with E-state index in [0.717, 1.165) is 6.07 Å². The average molecular weight is 292 g/mol. The second-order valence-electron chi connectivity index (χ2n) is 5.04. The molecule has 0 amide bonds. The molecule has 3 N–H and O–H groups in total. The molecule has 0 aliphatic heterocycles. The summed E-state index contributed by atoms with van der Waals surface area (Å²) < 4.78 is 55.7. The molecule has 20 heavy (non-hydrogen) atoms. The fraction of sp³-hybridized carbons (Fsp3) is 0.462. The Hall–Kier alpha value is -1.79. The maximum atomic E-state index is 13.1.